The number of halogens is 4. The molecule has 0 amide bonds. The highest BCUT2D eigenvalue weighted by Gasteiger charge is 2.19. The molecule has 232 valence electrons. The number of esters is 2. The molecule has 0 aliphatic heterocycles. The van der Waals surface area contributed by atoms with Gasteiger partial charge in [-0.05, 0) is 48.4 Å². The van der Waals surface area contributed by atoms with Gasteiger partial charge in [0.05, 0.1) is 71.0 Å². The van der Waals surface area contributed by atoms with Crippen molar-refractivity contribution >= 4 is 69.7 Å². The van der Waals surface area contributed by atoms with Crippen molar-refractivity contribution < 1.29 is 38.7 Å². The number of aliphatic hydroxyl groups excluding tert-OH is 2. The molecule has 0 saturated carbocycles. The SMILES string of the molecule is COC(=O)CCc1cc(Cl)c(OCC[C@H](O)[C@@H](O)CCOc2c(Cl)cc(Nc3ccccc3C(=O)OC)cc2Cl)c(Cl)c1. The van der Waals surface area contributed by atoms with Gasteiger partial charge in [-0.1, -0.05) is 58.5 Å². The van der Waals surface area contributed by atoms with Gasteiger partial charge in [0, 0.05) is 24.9 Å². The molecule has 3 aromatic rings. The first-order chi connectivity index (χ1) is 20.5. The number of ether oxygens (including phenoxy) is 4. The van der Waals surface area contributed by atoms with Crippen LogP contribution >= 0.6 is 46.4 Å². The Hall–Kier alpha value is -2.92. The minimum atomic E-state index is -1.12. The quantitative estimate of drug-likeness (QED) is 0.148. The molecule has 2 atom stereocenters. The zero-order chi connectivity index (χ0) is 31.5. The van der Waals surface area contributed by atoms with Gasteiger partial charge in [0.25, 0.3) is 0 Å². The maximum absolute atomic E-state index is 12.0. The number of nitrogens with one attached hydrogen (secondary N) is 1. The molecule has 43 heavy (non-hydrogen) atoms. The van der Waals surface area contributed by atoms with Crippen LogP contribution in [0.4, 0.5) is 11.4 Å². The lowest BCUT2D eigenvalue weighted by Gasteiger charge is -2.19. The molecule has 0 spiro atoms. The van der Waals surface area contributed by atoms with E-state index in [-0.39, 0.29) is 70.0 Å². The standard InChI is InChI=1S/C30H31Cl4NO8/c1-40-27(38)8-7-17-13-20(31)28(21(32)14-17)42-11-9-25(36)26(37)10-12-43-29-22(33)15-18(16-23(29)34)35-24-6-4-3-5-19(24)30(39)41-2/h3-6,13-16,25-26,35-37H,7-12H2,1-2H3/t25-,26-/m0/s1. The monoisotopic (exact) mass is 673 g/mol. The van der Waals surface area contributed by atoms with Crippen LogP contribution in [0.25, 0.3) is 0 Å². The molecule has 0 aliphatic rings. The van der Waals surface area contributed by atoms with Crippen LogP contribution in [0, 0.1) is 0 Å². The number of carbonyl (C=O) groups excluding carboxylic acids is 2. The van der Waals surface area contributed by atoms with Crippen LogP contribution in [0.2, 0.25) is 20.1 Å². The van der Waals surface area contributed by atoms with E-state index in [1.807, 2.05) is 0 Å². The summed E-state index contributed by atoms with van der Waals surface area (Å²) in [7, 11) is 2.62. The number of anilines is 2. The van der Waals surface area contributed by atoms with E-state index in [1.165, 1.54) is 14.2 Å². The van der Waals surface area contributed by atoms with Gasteiger partial charge in [0.1, 0.15) is 0 Å². The number of rotatable bonds is 15. The summed E-state index contributed by atoms with van der Waals surface area (Å²) in [5.74, 6) is -0.393. The van der Waals surface area contributed by atoms with E-state index in [0.717, 1.165) is 5.56 Å². The van der Waals surface area contributed by atoms with Crippen molar-refractivity contribution in [3.8, 4) is 11.5 Å². The molecule has 0 aliphatic carbocycles. The third kappa shape index (κ3) is 10.1. The highest BCUT2D eigenvalue weighted by Crippen LogP contribution is 2.38. The molecule has 0 fully saturated rings. The summed E-state index contributed by atoms with van der Waals surface area (Å²) < 4.78 is 20.8. The third-order valence-corrected chi connectivity index (χ3v) is 7.40. The number of hydrogen-bond acceptors (Lipinski definition) is 9. The molecule has 0 bridgehead atoms. The molecule has 9 nitrogen and oxygen atoms in total. The molecule has 0 unspecified atom stereocenters. The summed E-state index contributed by atoms with van der Waals surface area (Å²) in [6.45, 7) is 0.0480. The molecule has 3 N–H and O–H groups in total. The van der Waals surface area contributed by atoms with Crippen LogP contribution in [0.5, 0.6) is 11.5 Å². The Balaban J connectivity index is 1.49. The lowest BCUT2D eigenvalue weighted by atomic mass is 10.1. The van der Waals surface area contributed by atoms with Crippen molar-refractivity contribution in [2.75, 3.05) is 32.8 Å². The van der Waals surface area contributed by atoms with Crippen molar-refractivity contribution in [2.45, 2.75) is 37.9 Å². The van der Waals surface area contributed by atoms with Gasteiger partial charge in [-0.15, -0.1) is 0 Å². The Morgan fingerprint density at radius 3 is 1.81 bits per heavy atom. The molecular formula is C30H31Cl4NO8. The van der Waals surface area contributed by atoms with Gasteiger partial charge in [-0.2, -0.15) is 0 Å². The largest absolute Gasteiger partial charge is 0.490 e. The summed E-state index contributed by atoms with van der Waals surface area (Å²) in [6, 6.07) is 13.3. The summed E-state index contributed by atoms with van der Waals surface area (Å²) in [6.07, 6.45) is -1.48. The Labute approximate surface area is 269 Å². The normalized spacial score (nSPS) is 12.3. The van der Waals surface area contributed by atoms with Crippen molar-refractivity contribution in [3.63, 3.8) is 0 Å². The Morgan fingerprint density at radius 2 is 1.30 bits per heavy atom. The topological polar surface area (TPSA) is 124 Å². The van der Waals surface area contributed by atoms with E-state index in [2.05, 4.69) is 10.1 Å². The summed E-state index contributed by atoms with van der Waals surface area (Å²) in [4.78, 5) is 23.4. The van der Waals surface area contributed by atoms with Crippen LogP contribution in [0.1, 0.15) is 35.2 Å². The second-order valence-corrected chi connectivity index (χ2v) is 10.9. The first kappa shape index (κ1) is 34.6. The second-order valence-electron chi connectivity index (χ2n) is 9.30. The van der Waals surface area contributed by atoms with Crippen molar-refractivity contribution in [1.29, 1.82) is 0 Å². The Morgan fingerprint density at radius 1 is 0.791 bits per heavy atom. The summed E-state index contributed by atoms with van der Waals surface area (Å²) in [5, 5.41) is 24.8. The van der Waals surface area contributed by atoms with Gasteiger partial charge in [0.15, 0.2) is 11.5 Å². The van der Waals surface area contributed by atoms with E-state index in [1.54, 1.807) is 48.5 Å². The molecule has 0 radical (unpaired) electrons. The smallest absolute Gasteiger partial charge is 0.339 e. The fourth-order valence-corrected chi connectivity index (χ4v) is 5.23. The first-order valence-corrected chi connectivity index (χ1v) is 14.6. The number of benzene rings is 3. The van der Waals surface area contributed by atoms with Crippen molar-refractivity contribution in [1.82, 2.24) is 0 Å². The van der Waals surface area contributed by atoms with Gasteiger partial charge in [-0.3, -0.25) is 4.79 Å². The molecule has 3 rings (SSSR count). The predicted molar refractivity (Wildman–Crippen MR) is 167 cm³/mol. The van der Waals surface area contributed by atoms with Crippen LogP contribution in [-0.4, -0.2) is 61.8 Å². The third-order valence-electron chi connectivity index (χ3n) is 6.28. The van der Waals surface area contributed by atoms with E-state index in [4.69, 9.17) is 60.6 Å². The minimum absolute atomic E-state index is 0.0150. The Bertz CT molecular complexity index is 1370. The first-order valence-electron chi connectivity index (χ1n) is 13.1. The number of aliphatic hydroxyl groups is 2. The number of methoxy groups -OCH3 is 2. The number of para-hydroxylation sites is 1. The fourth-order valence-electron chi connectivity index (χ4n) is 4.00. The van der Waals surface area contributed by atoms with Crippen molar-refractivity contribution in [3.05, 3.63) is 79.7 Å². The van der Waals surface area contributed by atoms with E-state index in [9.17, 15) is 19.8 Å². The van der Waals surface area contributed by atoms with Crippen molar-refractivity contribution in [2.24, 2.45) is 0 Å². The summed E-state index contributed by atoms with van der Waals surface area (Å²) >= 11 is 25.4. The lowest BCUT2D eigenvalue weighted by Crippen LogP contribution is -2.29. The average Bonchev–Trinajstić information content (AvgIpc) is 2.98. The Kier molecular flexibility index (Phi) is 13.5. The molecule has 0 saturated heterocycles. The van der Waals surface area contributed by atoms with Crippen LogP contribution < -0.4 is 14.8 Å². The molecule has 3 aromatic carbocycles. The maximum Gasteiger partial charge on any atom is 0.339 e. The van der Waals surface area contributed by atoms with Crippen LogP contribution in [-0.2, 0) is 20.7 Å². The minimum Gasteiger partial charge on any atom is -0.490 e. The number of aryl methyl sites for hydroxylation is 1. The van der Waals surface area contributed by atoms with Gasteiger partial charge in [-0.25, -0.2) is 4.79 Å². The van der Waals surface area contributed by atoms with E-state index < -0.39 is 18.2 Å². The van der Waals surface area contributed by atoms with Gasteiger partial charge in [0.2, 0.25) is 0 Å². The molecule has 0 aromatic heterocycles. The number of carbonyl (C=O) groups is 2. The number of hydrogen-bond donors (Lipinski definition) is 3. The zero-order valence-electron chi connectivity index (χ0n) is 23.4. The van der Waals surface area contributed by atoms with E-state index >= 15 is 0 Å². The average molecular weight is 675 g/mol. The molecule has 13 heteroatoms. The van der Waals surface area contributed by atoms with Crippen LogP contribution in [0.15, 0.2) is 48.5 Å². The molecule has 0 heterocycles. The maximum atomic E-state index is 12.0. The van der Waals surface area contributed by atoms with Gasteiger partial charge >= 0.3 is 11.9 Å². The predicted octanol–water partition coefficient (Wildman–Crippen LogP) is 6.90. The zero-order valence-corrected chi connectivity index (χ0v) is 26.4. The lowest BCUT2D eigenvalue weighted by molar-refractivity contribution is -0.140. The van der Waals surface area contributed by atoms with E-state index in [0.29, 0.717) is 23.4 Å². The summed E-state index contributed by atoms with van der Waals surface area (Å²) in [5.41, 5.74) is 2.11. The van der Waals surface area contributed by atoms with Gasteiger partial charge < -0.3 is 34.5 Å². The van der Waals surface area contributed by atoms with Crippen LogP contribution in [0.3, 0.4) is 0 Å². The highest BCUT2D eigenvalue weighted by molar-refractivity contribution is 6.38. The fraction of sp³-hybridized carbons (Fsp3) is 0.333. The highest BCUT2D eigenvalue weighted by atomic mass is 35.5. The molecular weight excluding hydrogens is 644 g/mol. The second kappa shape index (κ2) is 16.8.